The van der Waals surface area contributed by atoms with Gasteiger partial charge in [-0.05, 0) is 38.5 Å². The molecule has 0 fully saturated rings. The van der Waals surface area contributed by atoms with Crippen LogP contribution in [-0.2, 0) is 28.6 Å². The molecule has 0 radical (unpaired) electrons. The molecule has 0 aromatic heterocycles. The number of nitrogens with zero attached hydrogens (tertiary/aromatic N) is 1. The monoisotopic (exact) mass is 553 g/mol. The van der Waals surface area contributed by atoms with Crippen LogP contribution in [0.5, 0.6) is 0 Å². The van der Waals surface area contributed by atoms with E-state index in [-0.39, 0.29) is 42.7 Å². The van der Waals surface area contributed by atoms with E-state index in [1.165, 1.54) is 6.42 Å². The molecule has 0 saturated heterocycles. The summed E-state index contributed by atoms with van der Waals surface area (Å²) in [5, 5.41) is 11.4. The van der Waals surface area contributed by atoms with Crippen LogP contribution in [0.2, 0.25) is 0 Å². The number of carbonyl (C=O) groups excluding carboxylic acids is 3. The molecule has 0 spiro atoms. The molecule has 0 bridgehead atoms. The van der Waals surface area contributed by atoms with E-state index >= 15 is 0 Å². The molecule has 8 heteroatoms. The second-order valence-corrected chi connectivity index (χ2v) is 11.0. The van der Waals surface area contributed by atoms with Gasteiger partial charge in [0, 0.05) is 19.3 Å². The number of hydrogen-bond donors (Lipinski definition) is 0. The molecule has 0 rings (SSSR count). The van der Waals surface area contributed by atoms with E-state index in [1.54, 1.807) is 21.1 Å². The number of carboxylic acids is 1. The minimum Gasteiger partial charge on any atom is -0.544 e. The number of carboxylic acid groups (broad SMARTS) is 1. The first kappa shape index (κ1) is 36.8. The Kier molecular flexibility index (Phi) is 22.3. The zero-order valence-corrected chi connectivity index (χ0v) is 25.3. The summed E-state index contributed by atoms with van der Waals surface area (Å²) in [5.41, 5.74) is 0. The second-order valence-electron chi connectivity index (χ2n) is 11.0. The van der Waals surface area contributed by atoms with Gasteiger partial charge in [-0.2, -0.15) is 0 Å². The van der Waals surface area contributed by atoms with Crippen LogP contribution in [0.25, 0.3) is 0 Å². The minimum absolute atomic E-state index is 0.0334. The van der Waals surface area contributed by atoms with Crippen LogP contribution in [0, 0.1) is 0 Å². The molecule has 0 aromatic rings. The summed E-state index contributed by atoms with van der Waals surface area (Å²) in [6, 6.07) is -0.721. The fourth-order valence-corrected chi connectivity index (χ4v) is 3.91. The molecular formula is C31H55NO7. The first-order valence-electron chi connectivity index (χ1n) is 14.9. The number of ether oxygens (including phenoxy) is 3. The van der Waals surface area contributed by atoms with Crippen molar-refractivity contribution in [2.24, 2.45) is 0 Å². The van der Waals surface area contributed by atoms with Crippen molar-refractivity contribution in [2.75, 3.05) is 41.0 Å². The van der Waals surface area contributed by atoms with Crippen molar-refractivity contribution in [3.8, 4) is 0 Å². The van der Waals surface area contributed by atoms with Crippen molar-refractivity contribution in [3.05, 3.63) is 24.3 Å². The topological polar surface area (TPSA) is 102 Å². The van der Waals surface area contributed by atoms with Crippen LogP contribution in [0.4, 0.5) is 0 Å². The van der Waals surface area contributed by atoms with Crippen molar-refractivity contribution < 1.29 is 38.2 Å². The van der Waals surface area contributed by atoms with Crippen molar-refractivity contribution >= 4 is 17.9 Å². The predicted octanol–water partition coefficient (Wildman–Crippen LogP) is 4.90. The number of aliphatic carboxylic acids is 1. The SMILES string of the molecule is CCC/C=C\C/C=C\CCCCCCCC(=O)OC(COCCC(C(=O)[O-])[N+](C)(C)C)COC(=O)CCCC. The number of esters is 2. The molecule has 0 aliphatic heterocycles. The van der Waals surface area contributed by atoms with Gasteiger partial charge < -0.3 is 28.6 Å². The van der Waals surface area contributed by atoms with Crippen LogP contribution in [-0.4, -0.2) is 75.5 Å². The Hall–Kier alpha value is -2.19. The fourth-order valence-electron chi connectivity index (χ4n) is 3.91. The highest BCUT2D eigenvalue weighted by molar-refractivity contribution is 5.70. The lowest BCUT2D eigenvalue weighted by Crippen LogP contribution is -2.55. The molecule has 2 atom stereocenters. The van der Waals surface area contributed by atoms with Gasteiger partial charge in [-0.1, -0.05) is 70.3 Å². The number of rotatable bonds is 25. The molecule has 0 saturated carbocycles. The predicted molar refractivity (Wildman–Crippen MR) is 153 cm³/mol. The van der Waals surface area contributed by atoms with E-state index in [0.717, 1.165) is 64.2 Å². The van der Waals surface area contributed by atoms with Crippen molar-refractivity contribution in [1.82, 2.24) is 0 Å². The van der Waals surface area contributed by atoms with E-state index in [4.69, 9.17) is 14.2 Å². The average molecular weight is 554 g/mol. The van der Waals surface area contributed by atoms with E-state index in [0.29, 0.717) is 12.8 Å². The quantitative estimate of drug-likeness (QED) is 0.0686. The van der Waals surface area contributed by atoms with Gasteiger partial charge in [-0.25, -0.2) is 0 Å². The Morgan fingerprint density at radius 1 is 0.769 bits per heavy atom. The Bertz CT molecular complexity index is 712. The lowest BCUT2D eigenvalue weighted by molar-refractivity contribution is -0.889. The van der Waals surface area contributed by atoms with Gasteiger partial charge in [0.15, 0.2) is 6.10 Å². The van der Waals surface area contributed by atoms with Crippen molar-refractivity contribution in [3.63, 3.8) is 0 Å². The number of likely N-dealkylation sites (N-methyl/N-ethyl adjacent to an activating group) is 1. The van der Waals surface area contributed by atoms with Crippen molar-refractivity contribution in [2.45, 2.75) is 116 Å². The number of allylic oxidation sites excluding steroid dienone is 4. The maximum Gasteiger partial charge on any atom is 0.306 e. The van der Waals surface area contributed by atoms with Gasteiger partial charge in [0.05, 0.1) is 40.3 Å². The van der Waals surface area contributed by atoms with Crippen LogP contribution in [0.3, 0.4) is 0 Å². The molecular weight excluding hydrogens is 498 g/mol. The van der Waals surface area contributed by atoms with Gasteiger partial charge in [-0.15, -0.1) is 0 Å². The molecule has 0 amide bonds. The molecule has 2 unspecified atom stereocenters. The van der Waals surface area contributed by atoms with Gasteiger partial charge in [0.25, 0.3) is 0 Å². The summed E-state index contributed by atoms with van der Waals surface area (Å²) >= 11 is 0. The summed E-state index contributed by atoms with van der Waals surface area (Å²) in [6.45, 7) is 4.30. The summed E-state index contributed by atoms with van der Waals surface area (Å²) in [4.78, 5) is 35.8. The summed E-state index contributed by atoms with van der Waals surface area (Å²) in [6.07, 6.45) is 20.2. The first-order valence-corrected chi connectivity index (χ1v) is 14.9. The molecule has 0 aliphatic carbocycles. The van der Waals surface area contributed by atoms with Crippen LogP contribution in [0.15, 0.2) is 24.3 Å². The van der Waals surface area contributed by atoms with Crippen LogP contribution < -0.4 is 5.11 Å². The molecule has 39 heavy (non-hydrogen) atoms. The zero-order valence-electron chi connectivity index (χ0n) is 25.3. The van der Waals surface area contributed by atoms with Gasteiger partial charge in [-0.3, -0.25) is 9.59 Å². The Morgan fingerprint density at radius 3 is 2.05 bits per heavy atom. The maximum atomic E-state index is 12.4. The van der Waals surface area contributed by atoms with E-state index in [2.05, 4.69) is 31.2 Å². The van der Waals surface area contributed by atoms with Crippen LogP contribution >= 0.6 is 0 Å². The number of quaternary nitrogens is 1. The Labute approximate surface area is 237 Å². The second kappa shape index (κ2) is 23.7. The highest BCUT2D eigenvalue weighted by atomic mass is 16.6. The molecule has 0 aromatic carbocycles. The third-order valence-electron chi connectivity index (χ3n) is 6.32. The number of unbranched alkanes of at least 4 members (excludes halogenated alkanes) is 7. The normalized spacial score (nSPS) is 13.6. The third-order valence-corrected chi connectivity index (χ3v) is 6.32. The van der Waals surface area contributed by atoms with Gasteiger partial charge in [0.1, 0.15) is 12.6 Å². The average Bonchev–Trinajstić information content (AvgIpc) is 2.87. The lowest BCUT2D eigenvalue weighted by Gasteiger charge is -2.34. The summed E-state index contributed by atoms with van der Waals surface area (Å²) in [7, 11) is 5.35. The lowest BCUT2D eigenvalue weighted by atomic mass is 10.1. The zero-order chi connectivity index (χ0) is 29.4. The molecule has 0 N–H and O–H groups in total. The third kappa shape index (κ3) is 22.3. The molecule has 226 valence electrons. The van der Waals surface area contributed by atoms with E-state index < -0.39 is 18.1 Å². The number of carbonyl (C=O) groups is 3. The molecule has 0 heterocycles. The molecule has 8 nitrogen and oxygen atoms in total. The van der Waals surface area contributed by atoms with E-state index in [1.807, 2.05) is 6.92 Å². The van der Waals surface area contributed by atoms with Gasteiger partial charge >= 0.3 is 11.9 Å². The largest absolute Gasteiger partial charge is 0.544 e. The minimum atomic E-state index is -1.13. The summed E-state index contributed by atoms with van der Waals surface area (Å²) in [5.74, 6) is -1.81. The summed E-state index contributed by atoms with van der Waals surface area (Å²) < 4.78 is 16.7. The van der Waals surface area contributed by atoms with Crippen molar-refractivity contribution in [1.29, 1.82) is 0 Å². The molecule has 0 aliphatic rings. The number of hydrogen-bond acceptors (Lipinski definition) is 7. The van der Waals surface area contributed by atoms with Gasteiger partial charge in [0.2, 0.25) is 0 Å². The highest BCUT2D eigenvalue weighted by Crippen LogP contribution is 2.11. The first-order chi connectivity index (χ1) is 18.6. The fraction of sp³-hybridized carbons (Fsp3) is 0.774. The Balaban J connectivity index is 4.36. The van der Waals surface area contributed by atoms with E-state index in [9.17, 15) is 19.5 Å². The van der Waals surface area contributed by atoms with Crippen LogP contribution in [0.1, 0.15) is 104 Å². The highest BCUT2D eigenvalue weighted by Gasteiger charge is 2.25. The maximum absolute atomic E-state index is 12.4. The standard InChI is InChI=1S/C31H55NO7/c1-6-8-10-11-12-13-14-15-16-17-18-19-20-22-30(34)39-27(26-38-29(33)21-9-7-2)25-37-24-23-28(31(35)36)32(3,4)5/h10-11,13-14,27-28H,6-9,12,15-26H2,1-5H3/b11-10-,14-13-. The Morgan fingerprint density at radius 2 is 1.41 bits per heavy atom. The smallest absolute Gasteiger partial charge is 0.306 e.